The number of carbonyl (C=O) groups is 1. The summed E-state index contributed by atoms with van der Waals surface area (Å²) in [7, 11) is 0. The molecule has 1 amide bonds. The van der Waals surface area contributed by atoms with Gasteiger partial charge in [-0.1, -0.05) is 11.6 Å². The number of nitrogens with zero attached hydrogens (tertiary/aromatic N) is 4. The Bertz CT molecular complexity index is 1360. The third kappa shape index (κ3) is 6.43. The number of rotatable bonds is 5. The summed E-state index contributed by atoms with van der Waals surface area (Å²) in [4.78, 5) is 16.4. The van der Waals surface area contributed by atoms with Gasteiger partial charge in [0.05, 0.1) is 11.1 Å². The van der Waals surface area contributed by atoms with Crippen LogP contribution < -0.4 is 10.6 Å². The smallest absolute Gasteiger partial charge is 0.382 e. The van der Waals surface area contributed by atoms with Gasteiger partial charge < -0.3 is 10.6 Å². The summed E-state index contributed by atoms with van der Waals surface area (Å²) in [6.45, 7) is -1.45. The first kappa shape index (κ1) is 26.5. The van der Waals surface area contributed by atoms with Gasteiger partial charge in [0.2, 0.25) is 0 Å². The number of pyridine rings is 1. The largest absolute Gasteiger partial charge is 0.433 e. The number of nitrogens with one attached hydrogen (secondary N) is 2. The first-order chi connectivity index (χ1) is 17.3. The monoisotopic (exact) mass is 544 g/mol. The van der Waals surface area contributed by atoms with Crippen molar-refractivity contribution in [2.24, 2.45) is 0 Å². The molecule has 37 heavy (non-hydrogen) atoms. The first-order valence-electron chi connectivity index (χ1n) is 11.1. The van der Waals surface area contributed by atoms with Gasteiger partial charge in [-0.05, 0) is 49.9 Å². The molecule has 0 aliphatic heterocycles. The Morgan fingerprint density at radius 2 is 1.89 bits per heavy atom. The summed E-state index contributed by atoms with van der Waals surface area (Å²) < 4.78 is 78.7. The molecule has 2 aromatic heterocycles. The quantitative estimate of drug-likeness (QED) is 0.402. The first-order valence-corrected chi connectivity index (χ1v) is 11.5. The van der Waals surface area contributed by atoms with E-state index in [1.54, 1.807) is 6.07 Å². The molecule has 1 saturated carbocycles. The standard InChI is InChI=1S/C23H19ClF6N6O/c24-12-4-5-17-15(6-12)18(8-20(34-17)23(28,29)30)32-13-2-1-3-14(7-13)33-21(37)16-10-36(11-22(25,26)27)35-19(16)9-31/h4-6,8,10,13-14H,1-3,7,11H2,(H,32,34)(H,33,37)/t13-,14+/m0/s1. The van der Waals surface area contributed by atoms with Crippen molar-refractivity contribution in [3.05, 3.63) is 52.4 Å². The fourth-order valence-corrected chi connectivity index (χ4v) is 4.50. The number of anilines is 1. The highest BCUT2D eigenvalue weighted by molar-refractivity contribution is 6.31. The number of alkyl halides is 6. The van der Waals surface area contributed by atoms with Crippen molar-refractivity contribution in [2.45, 2.75) is 56.7 Å². The van der Waals surface area contributed by atoms with E-state index in [1.165, 1.54) is 18.2 Å². The van der Waals surface area contributed by atoms with E-state index < -0.39 is 42.2 Å². The van der Waals surface area contributed by atoms with Crippen LogP contribution in [0.25, 0.3) is 10.9 Å². The van der Waals surface area contributed by atoms with E-state index in [1.807, 2.05) is 0 Å². The molecule has 0 saturated heterocycles. The summed E-state index contributed by atoms with van der Waals surface area (Å²) in [5.41, 5.74) is -1.48. The third-order valence-corrected chi connectivity index (χ3v) is 6.12. The molecular formula is C23H19ClF6N6O. The van der Waals surface area contributed by atoms with Crippen LogP contribution in [0.15, 0.2) is 30.5 Å². The summed E-state index contributed by atoms with van der Waals surface area (Å²) in [5, 5.41) is 19.3. The van der Waals surface area contributed by atoms with E-state index in [0.717, 1.165) is 12.3 Å². The lowest BCUT2D eigenvalue weighted by Gasteiger charge is -2.31. The molecule has 1 aromatic carbocycles. The highest BCUT2D eigenvalue weighted by Crippen LogP contribution is 2.35. The Morgan fingerprint density at radius 3 is 2.57 bits per heavy atom. The molecule has 3 aromatic rings. The van der Waals surface area contributed by atoms with Gasteiger partial charge in [-0.25, -0.2) is 4.98 Å². The fraction of sp³-hybridized carbons (Fsp3) is 0.391. The zero-order valence-corrected chi connectivity index (χ0v) is 19.7. The van der Waals surface area contributed by atoms with Crippen LogP contribution in [0.2, 0.25) is 5.02 Å². The second kappa shape index (κ2) is 10.1. The molecular weight excluding hydrogens is 526 g/mol. The van der Waals surface area contributed by atoms with Gasteiger partial charge in [0.1, 0.15) is 18.3 Å². The number of nitriles is 1. The van der Waals surface area contributed by atoms with Crippen molar-refractivity contribution >= 4 is 34.1 Å². The average Bonchev–Trinajstić information content (AvgIpc) is 3.20. The molecule has 4 rings (SSSR count). The summed E-state index contributed by atoms with van der Waals surface area (Å²) in [6, 6.07) is 6.12. The molecule has 7 nitrogen and oxygen atoms in total. The Balaban J connectivity index is 1.51. The number of carbonyl (C=O) groups excluding carboxylic acids is 1. The Labute approximate surface area is 211 Å². The third-order valence-electron chi connectivity index (χ3n) is 5.88. The lowest BCUT2D eigenvalue weighted by molar-refractivity contribution is -0.143. The van der Waals surface area contributed by atoms with Crippen molar-refractivity contribution in [1.82, 2.24) is 20.1 Å². The van der Waals surface area contributed by atoms with E-state index in [4.69, 9.17) is 11.6 Å². The van der Waals surface area contributed by atoms with Crippen molar-refractivity contribution in [2.75, 3.05) is 5.32 Å². The van der Waals surface area contributed by atoms with E-state index in [9.17, 15) is 36.4 Å². The molecule has 2 N–H and O–H groups in total. The average molecular weight is 545 g/mol. The Hall–Kier alpha value is -3.53. The molecule has 2 heterocycles. The topological polar surface area (TPSA) is 95.6 Å². The zero-order chi connectivity index (χ0) is 27.0. The molecule has 196 valence electrons. The van der Waals surface area contributed by atoms with Gasteiger partial charge in [0.25, 0.3) is 5.91 Å². The van der Waals surface area contributed by atoms with Crippen molar-refractivity contribution < 1.29 is 31.1 Å². The van der Waals surface area contributed by atoms with Gasteiger partial charge in [0.15, 0.2) is 5.69 Å². The summed E-state index contributed by atoms with van der Waals surface area (Å²) in [5.74, 6) is -0.754. The second-order valence-electron chi connectivity index (χ2n) is 8.71. The molecule has 14 heteroatoms. The van der Waals surface area contributed by atoms with Crippen LogP contribution in [0.4, 0.5) is 32.0 Å². The number of halogens is 7. The number of hydrogen-bond acceptors (Lipinski definition) is 5. The minimum absolute atomic E-state index is 0.113. The van der Waals surface area contributed by atoms with Crippen LogP contribution in [-0.2, 0) is 12.7 Å². The highest BCUT2D eigenvalue weighted by Gasteiger charge is 2.34. The van der Waals surface area contributed by atoms with Gasteiger partial charge in [0, 0.05) is 34.4 Å². The fourth-order valence-electron chi connectivity index (χ4n) is 4.33. The van der Waals surface area contributed by atoms with Gasteiger partial charge in [-0.2, -0.15) is 36.7 Å². The van der Waals surface area contributed by atoms with Gasteiger partial charge in [-0.15, -0.1) is 0 Å². The maximum atomic E-state index is 13.4. The van der Waals surface area contributed by atoms with Crippen molar-refractivity contribution in [3.63, 3.8) is 0 Å². The molecule has 1 aliphatic rings. The van der Waals surface area contributed by atoms with Crippen LogP contribution >= 0.6 is 11.6 Å². The van der Waals surface area contributed by atoms with Crippen LogP contribution in [0.1, 0.15) is 47.4 Å². The van der Waals surface area contributed by atoms with Gasteiger partial charge >= 0.3 is 12.4 Å². The minimum atomic E-state index is -4.66. The number of fused-ring (bicyclic) bond motifs is 1. The maximum Gasteiger partial charge on any atom is 0.433 e. The van der Waals surface area contributed by atoms with Gasteiger partial charge in [-0.3, -0.25) is 9.48 Å². The van der Waals surface area contributed by atoms with Crippen LogP contribution in [0.5, 0.6) is 0 Å². The van der Waals surface area contributed by atoms with E-state index in [2.05, 4.69) is 20.7 Å². The van der Waals surface area contributed by atoms with Crippen molar-refractivity contribution in [3.8, 4) is 6.07 Å². The number of aromatic nitrogens is 3. The molecule has 0 radical (unpaired) electrons. The van der Waals surface area contributed by atoms with Crippen LogP contribution in [0, 0.1) is 11.3 Å². The lowest BCUT2D eigenvalue weighted by Crippen LogP contribution is -2.42. The lowest BCUT2D eigenvalue weighted by atomic mass is 9.90. The van der Waals surface area contributed by atoms with Crippen molar-refractivity contribution in [1.29, 1.82) is 5.26 Å². The number of amides is 1. The highest BCUT2D eigenvalue weighted by atomic mass is 35.5. The minimum Gasteiger partial charge on any atom is -0.382 e. The molecule has 1 aliphatic carbocycles. The predicted octanol–water partition coefficient (Wildman–Crippen LogP) is 5.69. The number of hydrogen-bond donors (Lipinski definition) is 2. The normalized spacial score (nSPS) is 18.4. The summed E-state index contributed by atoms with van der Waals surface area (Å²) in [6.07, 6.45) is -6.28. The molecule has 0 unspecified atom stereocenters. The molecule has 0 spiro atoms. The van der Waals surface area contributed by atoms with E-state index in [0.29, 0.717) is 40.8 Å². The van der Waals surface area contributed by atoms with Crippen LogP contribution in [0.3, 0.4) is 0 Å². The second-order valence-corrected chi connectivity index (χ2v) is 9.14. The van der Waals surface area contributed by atoms with Crippen LogP contribution in [-0.4, -0.2) is 38.9 Å². The Morgan fingerprint density at radius 1 is 1.16 bits per heavy atom. The molecule has 1 fully saturated rings. The SMILES string of the molecule is N#Cc1nn(CC(F)(F)F)cc1C(=O)N[C@@H]1CCC[C@H](Nc2cc(C(F)(F)F)nc3ccc(Cl)cc23)C1. The summed E-state index contributed by atoms with van der Waals surface area (Å²) >= 11 is 6.05. The number of benzene rings is 1. The van der Waals surface area contributed by atoms with E-state index in [-0.39, 0.29) is 22.8 Å². The predicted molar refractivity (Wildman–Crippen MR) is 122 cm³/mol. The maximum absolute atomic E-state index is 13.4. The molecule has 0 bridgehead atoms. The molecule has 2 atom stereocenters. The zero-order valence-electron chi connectivity index (χ0n) is 18.9. The Kier molecular flexibility index (Phi) is 7.23. The van der Waals surface area contributed by atoms with E-state index >= 15 is 0 Å².